The number of hydrogen-bond donors (Lipinski definition) is 1. The lowest BCUT2D eigenvalue weighted by Crippen LogP contribution is -2.59. The highest BCUT2D eigenvalue weighted by Gasteiger charge is 2.28. The molecule has 276 valence electrons. The molecule has 4 rings (SSSR count). The van der Waals surface area contributed by atoms with Crippen molar-refractivity contribution in [1.82, 2.24) is 20.0 Å². The van der Waals surface area contributed by atoms with E-state index in [1.807, 2.05) is 91.0 Å². The zero-order valence-corrected chi connectivity index (χ0v) is 28.8. The lowest BCUT2D eigenvalue weighted by atomic mass is 10.2. The smallest absolute Gasteiger partial charge is 0.0731 e. The van der Waals surface area contributed by atoms with Gasteiger partial charge in [-0.25, -0.2) is 0 Å². The second-order valence-electron chi connectivity index (χ2n) is 12.4. The quantitative estimate of drug-likeness (QED) is 0.163. The third-order valence-electron chi connectivity index (χ3n) is 8.80. The van der Waals surface area contributed by atoms with Crippen molar-refractivity contribution in [2.75, 3.05) is 72.2 Å². The molecule has 0 bridgehead atoms. The van der Waals surface area contributed by atoms with Crippen LogP contribution >= 0.6 is 0 Å². The molecule has 0 saturated carbocycles. The van der Waals surface area contributed by atoms with Gasteiger partial charge < -0.3 is 49.2 Å². The maximum absolute atomic E-state index is 12.6. The third-order valence-corrected chi connectivity index (χ3v) is 8.80. The van der Waals surface area contributed by atoms with Crippen LogP contribution in [0.4, 0.5) is 0 Å². The number of carbonyl (C=O) groups excluding carboxylic acids is 3. The maximum atomic E-state index is 12.6. The summed E-state index contributed by atoms with van der Waals surface area (Å²) < 4.78 is 17.4. The van der Waals surface area contributed by atoms with Crippen molar-refractivity contribution in [3.63, 3.8) is 0 Å². The van der Waals surface area contributed by atoms with Gasteiger partial charge >= 0.3 is 0 Å². The van der Waals surface area contributed by atoms with E-state index in [-0.39, 0.29) is 78.9 Å². The average Bonchev–Trinajstić information content (AvgIpc) is 3.12. The minimum absolute atomic E-state index is 0.115. The Hall–Kier alpha value is -4.21. The Morgan fingerprint density at radius 2 is 0.765 bits per heavy atom. The Kier molecular flexibility index (Phi) is 17.0. The van der Waals surface area contributed by atoms with Gasteiger partial charge in [-0.1, -0.05) is 91.0 Å². The normalized spacial score (nSPS) is 17.4. The zero-order chi connectivity index (χ0) is 36.3. The fraction of sp³-hybridized carbons (Fsp3) is 0.447. The summed E-state index contributed by atoms with van der Waals surface area (Å²) in [5.74, 6) is -3.97. The topological polar surface area (TPSA) is 170 Å². The first-order chi connectivity index (χ1) is 24.8. The summed E-state index contributed by atoms with van der Waals surface area (Å²) in [6.07, 6.45) is 0. The Morgan fingerprint density at radius 3 is 1.04 bits per heavy atom. The van der Waals surface area contributed by atoms with Crippen molar-refractivity contribution < 1.29 is 43.9 Å². The largest absolute Gasteiger partial charge is 0.548 e. The predicted molar refractivity (Wildman–Crippen MR) is 182 cm³/mol. The van der Waals surface area contributed by atoms with Gasteiger partial charge in [0.15, 0.2) is 0 Å². The minimum Gasteiger partial charge on any atom is -0.548 e. The summed E-state index contributed by atoms with van der Waals surface area (Å²) in [7, 11) is 0. The first kappa shape index (κ1) is 39.6. The molecule has 13 nitrogen and oxygen atoms in total. The SMILES string of the molecule is O=C([O-])C(COCc1ccccc1)N1CCNCCN(C(COCc2ccccc2)C(=O)[O-])CCN(C(COCc2ccccc2)C(=O)[O-])CC1. The molecule has 0 spiro atoms. The van der Waals surface area contributed by atoms with E-state index in [0.29, 0.717) is 13.1 Å². The molecule has 0 aromatic heterocycles. The van der Waals surface area contributed by atoms with Crippen LogP contribution in [0.15, 0.2) is 91.0 Å². The molecule has 1 saturated heterocycles. The molecule has 3 unspecified atom stereocenters. The molecule has 1 aliphatic heterocycles. The van der Waals surface area contributed by atoms with Crippen LogP contribution in [0.25, 0.3) is 0 Å². The number of nitrogens with zero attached hydrogens (tertiary/aromatic N) is 3. The third kappa shape index (κ3) is 13.8. The highest BCUT2D eigenvalue weighted by Crippen LogP contribution is 2.11. The number of carboxylic acids is 3. The van der Waals surface area contributed by atoms with Gasteiger partial charge in [0.05, 0.1) is 75.7 Å². The van der Waals surface area contributed by atoms with E-state index in [1.54, 1.807) is 14.7 Å². The van der Waals surface area contributed by atoms with Crippen molar-refractivity contribution in [3.8, 4) is 0 Å². The van der Waals surface area contributed by atoms with Crippen LogP contribution in [0.5, 0.6) is 0 Å². The molecule has 13 heteroatoms. The first-order valence-corrected chi connectivity index (χ1v) is 17.2. The lowest BCUT2D eigenvalue weighted by Gasteiger charge is -2.40. The first-order valence-electron chi connectivity index (χ1n) is 17.2. The Balaban J connectivity index is 1.49. The van der Waals surface area contributed by atoms with Gasteiger partial charge in [-0.3, -0.25) is 14.7 Å². The highest BCUT2D eigenvalue weighted by atomic mass is 16.5. The van der Waals surface area contributed by atoms with Crippen molar-refractivity contribution in [2.45, 2.75) is 37.9 Å². The monoisotopic (exact) mass is 703 g/mol. The average molecular weight is 704 g/mol. The molecular weight excluding hydrogens is 656 g/mol. The van der Waals surface area contributed by atoms with E-state index in [2.05, 4.69) is 5.32 Å². The van der Waals surface area contributed by atoms with Crippen LogP contribution in [0.1, 0.15) is 16.7 Å². The standard InChI is InChI=1S/C38H50N4O9/c43-36(44)33(27-49-24-30-10-4-1-5-11-30)40-18-16-39-17-19-41(34(37(45)46)28-50-25-31-12-6-2-7-13-31)21-23-42(22-20-40)35(38(47)48)29-51-26-32-14-8-3-9-15-32/h1-15,33-35,39H,16-29H2,(H,43,44)(H,45,46)(H,47,48)/p-3. The number of carbonyl (C=O) groups is 3. The molecule has 0 amide bonds. The summed E-state index contributed by atoms with van der Waals surface area (Å²) in [5, 5.41) is 40.7. The van der Waals surface area contributed by atoms with E-state index in [4.69, 9.17) is 14.2 Å². The number of benzene rings is 3. The van der Waals surface area contributed by atoms with Crippen molar-refractivity contribution >= 4 is 17.9 Å². The van der Waals surface area contributed by atoms with Crippen LogP contribution in [0, 0.1) is 0 Å². The second-order valence-corrected chi connectivity index (χ2v) is 12.4. The van der Waals surface area contributed by atoms with Crippen LogP contribution in [0.2, 0.25) is 0 Å². The van der Waals surface area contributed by atoms with Gasteiger partial charge in [0.25, 0.3) is 0 Å². The number of hydrogen-bond acceptors (Lipinski definition) is 13. The molecule has 3 aromatic carbocycles. The summed E-state index contributed by atoms with van der Waals surface area (Å²) in [6, 6.07) is 24.7. The maximum Gasteiger partial charge on any atom is 0.0731 e. The van der Waals surface area contributed by atoms with Crippen LogP contribution in [0.3, 0.4) is 0 Å². The molecule has 3 aromatic rings. The number of nitrogens with one attached hydrogen (secondary N) is 1. The second kappa shape index (κ2) is 21.9. The van der Waals surface area contributed by atoms with Crippen molar-refractivity contribution in [2.24, 2.45) is 0 Å². The van der Waals surface area contributed by atoms with Gasteiger partial charge in [-0.05, 0) is 16.7 Å². The lowest BCUT2D eigenvalue weighted by molar-refractivity contribution is -0.316. The molecule has 3 atom stereocenters. The number of carboxylic acid groups (broad SMARTS) is 3. The van der Waals surface area contributed by atoms with E-state index in [9.17, 15) is 29.7 Å². The Morgan fingerprint density at radius 1 is 0.490 bits per heavy atom. The molecule has 0 radical (unpaired) electrons. The van der Waals surface area contributed by atoms with Crippen molar-refractivity contribution in [3.05, 3.63) is 108 Å². The number of rotatable bonds is 18. The van der Waals surface area contributed by atoms with E-state index in [0.717, 1.165) is 16.7 Å². The number of aliphatic carboxylic acids is 3. The predicted octanol–water partition coefficient (Wildman–Crippen LogP) is -1.50. The Labute approximate surface area is 299 Å². The van der Waals surface area contributed by atoms with Gasteiger partial charge in [0.2, 0.25) is 0 Å². The van der Waals surface area contributed by atoms with Gasteiger partial charge in [0.1, 0.15) is 0 Å². The summed E-state index contributed by atoms with van der Waals surface area (Å²) >= 11 is 0. The van der Waals surface area contributed by atoms with E-state index < -0.39 is 36.0 Å². The van der Waals surface area contributed by atoms with E-state index in [1.165, 1.54) is 0 Å². The fourth-order valence-electron chi connectivity index (χ4n) is 5.91. The Bertz CT molecular complexity index is 1370. The van der Waals surface area contributed by atoms with Gasteiger partial charge in [0, 0.05) is 52.4 Å². The zero-order valence-electron chi connectivity index (χ0n) is 28.8. The summed E-state index contributed by atoms with van der Waals surface area (Å²) in [4.78, 5) is 42.5. The molecule has 1 heterocycles. The molecular formula is C38H47N4O9-3. The highest BCUT2D eigenvalue weighted by molar-refractivity contribution is 5.72. The van der Waals surface area contributed by atoms with Crippen LogP contribution < -0.4 is 20.6 Å². The van der Waals surface area contributed by atoms with Gasteiger partial charge in [-0.2, -0.15) is 0 Å². The van der Waals surface area contributed by atoms with E-state index >= 15 is 0 Å². The summed E-state index contributed by atoms with van der Waals surface area (Å²) in [5.41, 5.74) is 2.66. The molecule has 0 aliphatic carbocycles. The molecule has 1 fully saturated rings. The van der Waals surface area contributed by atoms with Crippen molar-refractivity contribution in [1.29, 1.82) is 0 Å². The van der Waals surface area contributed by atoms with Crippen LogP contribution in [-0.4, -0.2) is 123 Å². The molecule has 1 N–H and O–H groups in total. The summed E-state index contributed by atoms with van der Waals surface area (Å²) in [6.45, 7) is 2.01. The minimum atomic E-state index is -1.36. The fourth-order valence-corrected chi connectivity index (χ4v) is 5.91. The molecule has 1 aliphatic rings. The molecule has 51 heavy (non-hydrogen) atoms. The van der Waals surface area contributed by atoms with Crippen LogP contribution in [-0.2, 0) is 48.4 Å². The van der Waals surface area contributed by atoms with Gasteiger partial charge in [-0.15, -0.1) is 0 Å². The number of ether oxygens (including phenoxy) is 3.